The standard InChI is InChI=1S/C14H19N3O3/c1-20-13-4-2-3-12(14(13)17(18)19)16-6-5-10-7-15-8-11(10)9-16/h2-4,10-11,15H,5-9H2,1H3. The Balaban J connectivity index is 1.91. The third-order valence-corrected chi connectivity index (χ3v) is 4.43. The van der Waals surface area contributed by atoms with Crippen molar-refractivity contribution in [3.63, 3.8) is 0 Å². The van der Waals surface area contributed by atoms with Crippen LogP contribution in [0.1, 0.15) is 6.42 Å². The van der Waals surface area contributed by atoms with Crippen LogP contribution in [0.5, 0.6) is 5.75 Å². The highest BCUT2D eigenvalue weighted by Gasteiger charge is 2.35. The number of anilines is 1. The third-order valence-electron chi connectivity index (χ3n) is 4.43. The molecule has 6 heteroatoms. The van der Waals surface area contributed by atoms with Crippen LogP contribution in [-0.2, 0) is 0 Å². The zero-order chi connectivity index (χ0) is 14.1. The second-order valence-electron chi connectivity index (χ2n) is 5.50. The van der Waals surface area contributed by atoms with Gasteiger partial charge in [-0.3, -0.25) is 10.1 Å². The van der Waals surface area contributed by atoms with Gasteiger partial charge in [0.1, 0.15) is 5.69 Å². The highest BCUT2D eigenvalue weighted by molar-refractivity contribution is 5.70. The van der Waals surface area contributed by atoms with E-state index in [4.69, 9.17) is 4.74 Å². The lowest BCUT2D eigenvalue weighted by Crippen LogP contribution is -2.40. The van der Waals surface area contributed by atoms with Crippen molar-refractivity contribution in [2.24, 2.45) is 11.8 Å². The number of nitrogens with zero attached hydrogens (tertiary/aromatic N) is 2. The first-order chi connectivity index (χ1) is 9.70. The van der Waals surface area contributed by atoms with Crippen molar-refractivity contribution in [1.29, 1.82) is 0 Å². The molecule has 2 aliphatic rings. The van der Waals surface area contributed by atoms with Crippen molar-refractivity contribution in [1.82, 2.24) is 5.32 Å². The van der Waals surface area contributed by atoms with Crippen LogP contribution < -0.4 is 15.0 Å². The van der Waals surface area contributed by atoms with E-state index in [0.29, 0.717) is 17.4 Å². The van der Waals surface area contributed by atoms with E-state index in [0.717, 1.165) is 38.5 Å². The molecule has 1 aromatic rings. The van der Waals surface area contributed by atoms with Crippen LogP contribution in [0.2, 0.25) is 0 Å². The van der Waals surface area contributed by atoms with Crippen molar-refractivity contribution < 1.29 is 9.66 Å². The van der Waals surface area contributed by atoms with Gasteiger partial charge >= 0.3 is 5.69 Å². The van der Waals surface area contributed by atoms with Gasteiger partial charge in [0, 0.05) is 13.1 Å². The molecule has 1 aromatic carbocycles. The minimum absolute atomic E-state index is 0.0828. The fraction of sp³-hybridized carbons (Fsp3) is 0.571. The summed E-state index contributed by atoms with van der Waals surface area (Å²) in [5.74, 6) is 1.64. The number of nitro benzene ring substituents is 1. The average molecular weight is 277 g/mol. The molecule has 0 amide bonds. The van der Waals surface area contributed by atoms with Crippen LogP contribution in [0.4, 0.5) is 11.4 Å². The normalized spacial score (nSPS) is 25.4. The summed E-state index contributed by atoms with van der Waals surface area (Å²) < 4.78 is 5.14. The Morgan fingerprint density at radius 1 is 1.40 bits per heavy atom. The summed E-state index contributed by atoms with van der Waals surface area (Å²) in [5.41, 5.74) is 0.763. The first kappa shape index (κ1) is 13.2. The Kier molecular flexibility index (Phi) is 3.48. The van der Waals surface area contributed by atoms with Gasteiger partial charge in [0.05, 0.1) is 12.0 Å². The number of ether oxygens (including phenoxy) is 1. The van der Waals surface area contributed by atoms with E-state index in [9.17, 15) is 10.1 Å². The molecule has 108 valence electrons. The van der Waals surface area contributed by atoms with E-state index in [1.165, 1.54) is 7.11 Å². The number of para-hydroxylation sites is 1. The topological polar surface area (TPSA) is 67.6 Å². The number of benzene rings is 1. The fourth-order valence-electron chi connectivity index (χ4n) is 3.37. The molecule has 1 N–H and O–H groups in total. The molecule has 2 unspecified atom stereocenters. The van der Waals surface area contributed by atoms with Gasteiger partial charge in [-0.25, -0.2) is 0 Å². The number of nitrogens with one attached hydrogen (secondary N) is 1. The molecule has 20 heavy (non-hydrogen) atoms. The van der Waals surface area contributed by atoms with Crippen LogP contribution in [-0.4, -0.2) is 38.2 Å². The van der Waals surface area contributed by atoms with E-state index < -0.39 is 0 Å². The SMILES string of the molecule is COc1cccc(N2CCC3CNCC3C2)c1[N+](=O)[O-]. The first-order valence-corrected chi connectivity index (χ1v) is 6.97. The largest absolute Gasteiger partial charge is 0.490 e. The van der Waals surface area contributed by atoms with Crippen molar-refractivity contribution in [3.05, 3.63) is 28.3 Å². The molecule has 0 radical (unpaired) electrons. The molecule has 0 bridgehead atoms. The van der Waals surface area contributed by atoms with E-state index in [1.54, 1.807) is 6.07 Å². The highest BCUT2D eigenvalue weighted by atomic mass is 16.6. The number of rotatable bonds is 3. The number of methoxy groups -OCH3 is 1. The molecule has 0 saturated carbocycles. The third kappa shape index (κ3) is 2.20. The maximum absolute atomic E-state index is 11.4. The van der Waals surface area contributed by atoms with Gasteiger partial charge in [-0.15, -0.1) is 0 Å². The molecule has 2 aliphatic heterocycles. The monoisotopic (exact) mass is 277 g/mol. The Bertz CT molecular complexity index is 520. The summed E-state index contributed by atoms with van der Waals surface area (Å²) in [5, 5.41) is 14.8. The van der Waals surface area contributed by atoms with Gasteiger partial charge in [0.2, 0.25) is 0 Å². The van der Waals surface area contributed by atoms with Gasteiger partial charge in [-0.2, -0.15) is 0 Å². The van der Waals surface area contributed by atoms with E-state index in [1.807, 2.05) is 12.1 Å². The number of fused-ring (bicyclic) bond motifs is 1. The lowest BCUT2D eigenvalue weighted by atomic mass is 9.88. The number of hydrogen-bond acceptors (Lipinski definition) is 5. The van der Waals surface area contributed by atoms with Gasteiger partial charge in [0.25, 0.3) is 0 Å². The number of nitro groups is 1. The Morgan fingerprint density at radius 2 is 2.20 bits per heavy atom. The Hall–Kier alpha value is -1.82. The number of piperidine rings is 1. The van der Waals surface area contributed by atoms with Gasteiger partial charge in [-0.05, 0) is 43.5 Å². The average Bonchev–Trinajstić information content (AvgIpc) is 2.93. The lowest BCUT2D eigenvalue weighted by Gasteiger charge is -2.35. The van der Waals surface area contributed by atoms with Crippen molar-refractivity contribution in [2.75, 3.05) is 38.2 Å². The summed E-state index contributed by atoms with van der Waals surface area (Å²) in [6.45, 7) is 3.85. The van der Waals surface area contributed by atoms with E-state index >= 15 is 0 Å². The molecular weight excluding hydrogens is 258 g/mol. The molecule has 0 spiro atoms. The second-order valence-corrected chi connectivity index (χ2v) is 5.50. The zero-order valence-electron chi connectivity index (χ0n) is 11.5. The van der Waals surface area contributed by atoms with Crippen LogP contribution in [0.25, 0.3) is 0 Å². The van der Waals surface area contributed by atoms with E-state index in [-0.39, 0.29) is 10.6 Å². The summed E-state index contributed by atoms with van der Waals surface area (Å²) >= 11 is 0. The molecule has 2 fully saturated rings. The van der Waals surface area contributed by atoms with Gasteiger partial charge < -0.3 is 15.0 Å². The van der Waals surface area contributed by atoms with Gasteiger partial charge in [-0.1, -0.05) is 6.07 Å². The quantitative estimate of drug-likeness (QED) is 0.672. The van der Waals surface area contributed by atoms with Gasteiger partial charge in [0.15, 0.2) is 5.75 Å². The molecule has 0 aromatic heterocycles. The molecule has 3 rings (SSSR count). The second kappa shape index (κ2) is 5.28. The summed E-state index contributed by atoms with van der Waals surface area (Å²) in [4.78, 5) is 13.2. The molecule has 0 aliphatic carbocycles. The molecule has 2 heterocycles. The Morgan fingerprint density at radius 3 is 2.95 bits per heavy atom. The zero-order valence-corrected chi connectivity index (χ0v) is 11.5. The predicted molar refractivity (Wildman–Crippen MR) is 76.3 cm³/mol. The first-order valence-electron chi connectivity index (χ1n) is 6.97. The maximum atomic E-state index is 11.4. The fourth-order valence-corrected chi connectivity index (χ4v) is 3.37. The Labute approximate surface area is 117 Å². The van der Waals surface area contributed by atoms with Crippen molar-refractivity contribution in [2.45, 2.75) is 6.42 Å². The molecular formula is C14H19N3O3. The summed E-state index contributed by atoms with van der Waals surface area (Å²) in [6.07, 6.45) is 1.09. The van der Waals surface area contributed by atoms with Crippen LogP contribution >= 0.6 is 0 Å². The summed E-state index contributed by atoms with van der Waals surface area (Å²) in [7, 11) is 1.47. The number of hydrogen-bond donors (Lipinski definition) is 1. The molecule has 2 saturated heterocycles. The van der Waals surface area contributed by atoms with Crippen LogP contribution in [0.15, 0.2) is 18.2 Å². The maximum Gasteiger partial charge on any atom is 0.333 e. The van der Waals surface area contributed by atoms with Crippen molar-refractivity contribution >= 4 is 11.4 Å². The highest BCUT2D eigenvalue weighted by Crippen LogP contribution is 2.39. The lowest BCUT2D eigenvalue weighted by molar-refractivity contribution is -0.385. The smallest absolute Gasteiger partial charge is 0.333 e. The minimum atomic E-state index is -0.340. The summed E-state index contributed by atoms with van der Waals surface area (Å²) in [6, 6.07) is 5.29. The molecule has 6 nitrogen and oxygen atoms in total. The minimum Gasteiger partial charge on any atom is -0.490 e. The van der Waals surface area contributed by atoms with E-state index in [2.05, 4.69) is 10.2 Å². The van der Waals surface area contributed by atoms with Crippen LogP contribution in [0.3, 0.4) is 0 Å². The van der Waals surface area contributed by atoms with Crippen molar-refractivity contribution in [3.8, 4) is 5.75 Å². The predicted octanol–water partition coefficient (Wildman–Crippen LogP) is 1.65. The molecule has 2 atom stereocenters. The van der Waals surface area contributed by atoms with Crippen LogP contribution in [0, 0.1) is 22.0 Å².